The van der Waals surface area contributed by atoms with Crippen molar-refractivity contribution in [2.45, 2.75) is 6.92 Å². The van der Waals surface area contributed by atoms with E-state index in [4.69, 9.17) is 0 Å². The molecular formula is C19H13N3O3S. The number of anilines is 1. The Bertz CT molecular complexity index is 1180. The number of fused-ring (bicyclic) bond motifs is 3. The highest BCUT2D eigenvalue weighted by atomic mass is 32.1. The zero-order valence-corrected chi connectivity index (χ0v) is 14.5. The highest BCUT2D eigenvalue weighted by molar-refractivity contribution is 7.22. The van der Waals surface area contributed by atoms with Crippen LogP contribution in [-0.2, 0) is 0 Å². The summed E-state index contributed by atoms with van der Waals surface area (Å²) >= 11 is 1.34. The predicted octanol–water partition coefficient (Wildman–Crippen LogP) is 4.92. The highest BCUT2D eigenvalue weighted by Crippen LogP contribution is 2.32. The van der Waals surface area contributed by atoms with E-state index in [0.717, 1.165) is 21.0 Å². The van der Waals surface area contributed by atoms with Crippen LogP contribution in [0, 0.1) is 17.0 Å². The monoisotopic (exact) mass is 363 g/mol. The van der Waals surface area contributed by atoms with E-state index in [1.54, 1.807) is 19.1 Å². The molecule has 7 heteroatoms. The number of nitro groups is 1. The van der Waals surface area contributed by atoms with E-state index in [1.165, 1.54) is 17.4 Å². The van der Waals surface area contributed by atoms with E-state index in [2.05, 4.69) is 10.3 Å². The van der Waals surface area contributed by atoms with Gasteiger partial charge in [0.2, 0.25) is 0 Å². The second kappa shape index (κ2) is 6.20. The molecule has 0 saturated carbocycles. The second-order valence-electron chi connectivity index (χ2n) is 5.83. The number of carbonyl (C=O) groups excluding carboxylic acids is 1. The molecule has 0 atom stereocenters. The first-order valence-corrected chi connectivity index (χ1v) is 8.70. The molecule has 1 amide bonds. The zero-order chi connectivity index (χ0) is 18.3. The summed E-state index contributed by atoms with van der Waals surface area (Å²) in [6.07, 6.45) is 0. The lowest BCUT2D eigenvalue weighted by molar-refractivity contribution is -0.385. The van der Waals surface area contributed by atoms with Crippen molar-refractivity contribution in [2.75, 3.05) is 5.32 Å². The van der Waals surface area contributed by atoms with Gasteiger partial charge in [-0.15, -0.1) is 0 Å². The summed E-state index contributed by atoms with van der Waals surface area (Å²) in [6.45, 7) is 1.61. The smallest absolute Gasteiger partial charge is 0.285 e. The van der Waals surface area contributed by atoms with Crippen LogP contribution in [-0.4, -0.2) is 15.8 Å². The van der Waals surface area contributed by atoms with Crippen molar-refractivity contribution in [1.82, 2.24) is 4.98 Å². The van der Waals surface area contributed by atoms with Gasteiger partial charge < -0.3 is 0 Å². The zero-order valence-electron chi connectivity index (χ0n) is 13.7. The fraction of sp³-hybridized carbons (Fsp3) is 0.0526. The Morgan fingerprint density at radius 3 is 2.73 bits per heavy atom. The molecule has 4 rings (SSSR count). The van der Waals surface area contributed by atoms with Crippen LogP contribution < -0.4 is 5.32 Å². The minimum Gasteiger partial charge on any atom is -0.298 e. The van der Waals surface area contributed by atoms with Crippen molar-refractivity contribution in [2.24, 2.45) is 0 Å². The van der Waals surface area contributed by atoms with Crippen molar-refractivity contribution in [3.8, 4) is 0 Å². The average molecular weight is 363 g/mol. The normalized spacial score (nSPS) is 11.0. The summed E-state index contributed by atoms with van der Waals surface area (Å²) in [5.41, 5.74) is 1.09. The molecule has 6 nitrogen and oxygen atoms in total. The molecule has 128 valence electrons. The molecule has 4 aromatic rings. The summed E-state index contributed by atoms with van der Waals surface area (Å²) in [4.78, 5) is 27.9. The number of aromatic nitrogens is 1. The Hall–Kier alpha value is -3.32. The van der Waals surface area contributed by atoms with Gasteiger partial charge in [0.25, 0.3) is 11.6 Å². The van der Waals surface area contributed by atoms with Crippen molar-refractivity contribution >= 4 is 49.1 Å². The number of nitrogens with one attached hydrogen (secondary N) is 1. The van der Waals surface area contributed by atoms with Crippen LogP contribution in [0.15, 0.2) is 54.6 Å². The minimum atomic E-state index is -0.538. The lowest BCUT2D eigenvalue weighted by Gasteiger charge is -2.04. The van der Waals surface area contributed by atoms with Gasteiger partial charge >= 0.3 is 0 Å². The number of carbonyl (C=O) groups is 1. The van der Waals surface area contributed by atoms with Gasteiger partial charge in [-0.05, 0) is 24.4 Å². The van der Waals surface area contributed by atoms with Gasteiger partial charge in [0.1, 0.15) is 5.56 Å². The van der Waals surface area contributed by atoms with Crippen molar-refractivity contribution in [3.05, 3.63) is 75.8 Å². The van der Waals surface area contributed by atoms with E-state index in [9.17, 15) is 14.9 Å². The Balaban J connectivity index is 1.74. The van der Waals surface area contributed by atoms with Crippen LogP contribution in [0.5, 0.6) is 0 Å². The number of nitrogens with zero attached hydrogens (tertiary/aromatic N) is 2. The Labute approximate surface area is 152 Å². The van der Waals surface area contributed by atoms with Crippen LogP contribution in [0.4, 0.5) is 10.8 Å². The third-order valence-electron chi connectivity index (χ3n) is 4.17. The van der Waals surface area contributed by atoms with Crippen LogP contribution >= 0.6 is 11.3 Å². The van der Waals surface area contributed by atoms with Gasteiger partial charge in [0.15, 0.2) is 5.13 Å². The van der Waals surface area contributed by atoms with E-state index < -0.39 is 10.8 Å². The molecule has 26 heavy (non-hydrogen) atoms. The summed E-state index contributed by atoms with van der Waals surface area (Å²) in [5.74, 6) is -0.538. The van der Waals surface area contributed by atoms with Gasteiger partial charge in [0.05, 0.1) is 15.1 Å². The van der Waals surface area contributed by atoms with E-state index >= 15 is 0 Å². The minimum absolute atomic E-state index is 0.0270. The quantitative estimate of drug-likeness (QED) is 0.413. The van der Waals surface area contributed by atoms with E-state index in [-0.39, 0.29) is 11.3 Å². The second-order valence-corrected chi connectivity index (χ2v) is 6.87. The Morgan fingerprint density at radius 2 is 1.92 bits per heavy atom. The maximum absolute atomic E-state index is 12.6. The third-order valence-corrected chi connectivity index (χ3v) is 5.11. The van der Waals surface area contributed by atoms with Crippen LogP contribution in [0.1, 0.15) is 15.9 Å². The topological polar surface area (TPSA) is 85.1 Å². The molecule has 0 fully saturated rings. The number of hydrogen-bond acceptors (Lipinski definition) is 5. The van der Waals surface area contributed by atoms with Crippen molar-refractivity contribution in [1.29, 1.82) is 0 Å². The standard InChI is InChI=1S/C19H13N3O3S/c1-11-5-4-8-14(17(11)22(24)25)18(23)21-19-20-16-13-7-3-2-6-12(13)9-10-15(16)26-19/h2-10H,1H3,(H,20,21,23). The maximum Gasteiger partial charge on any atom is 0.285 e. The van der Waals surface area contributed by atoms with Gasteiger partial charge in [-0.3, -0.25) is 20.2 Å². The highest BCUT2D eigenvalue weighted by Gasteiger charge is 2.23. The molecule has 1 aromatic heterocycles. The molecule has 0 aliphatic heterocycles. The van der Waals surface area contributed by atoms with Gasteiger partial charge in [-0.1, -0.05) is 53.8 Å². The van der Waals surface area contributed by atoms with Crippen LogP contribution in [0.3, 0.4) is 0 Å². The summed E-state index contributed by atoms with van der Waals surface area (Å²) in [5, 5.41) is 16.5. The van der Waals surface area contributed by atoms with Gasteiger partial charge in [-0.2, -0.15) is 0 Å². The Kier molecular flexibility index (Phi) is 3.85. The molecule has 0 bridgehead atoms. The van der Waals surface area contributed by atoms with Gasteiger partial charge in [0, 0.05) is 10.9 Å². The molecule has 0 aliphatic carbocycles. The average Bonchev–Trinajstić information content (AvgIpc) is 3.04. The van der Waals surface area contributed by atoms with E-state index in [0.29, 0.717) is 10.7 Å². The third kappa shape index (κ3) is 2.68. The fourth-order valence-corrected chi connectivity index (χ4v) is 3.84. The Morgan fingerprint density at radius 1 is 1.12 bits per heavy atom. The fourth-order valence-electron chi connectivity index (χ4n) is 2.96. The van der Waals surface area contributed by atoms with Crippen LogP contribution in [0.25, 0.3) is 21.0 Å². The number of aryl methyl sites for hydroxylation is 1. The molecule has 0 unspecified atom stereocenters. The molecular weight excluding hydrogens is 350 g/mol. The summed E-state index contributed by atoms with van der Waals surface area (Å²) < 4.78 is 0.942. The summed E-state index contributed by atoms with van der Waals surface area (Å²) in [7, 11) is 0. The van der Waals surface area contributed by atoms with E-state index in [1.807, 2.05) is 36.4 Å². The molecule has 0 spiro atoms. The lowest BCUT2D eigenvalue weighted by Crippen LogP contribution is -2.14. The van der Waals surface area contributed by atoms with Crippen LogP contribution in [0.2, 0.25) is 0 Å². The largest absolute Gasteiger partial charge is 0.298 e. The number of hydrogen-bond donors (Lipinski definition) is 1. The number of amides is 1. The first-order valence-electron chi connectivity index (χ1n) is 7.88. The number of rotatable bonds is 3. The molecule has 0 saturated heterocycles. The van der Waals surface area contributed by atoms with Crippen molar-refractivity contribution < 1.29 is 9.72 Å². The molecule has 1 heterocycles. The lowest BCUT2D eigenvalue weighted by atomic mass is 10.1. The summed E-state index contributed by atoms with van der Waals surface area (Å²) in [6, 6.07) is 16.5. The first kappa shape index (κ1) is 16.2. The predicted molar refractivity (Wildman–Crippen MR) is 103 cm³/mol. The molecule has 1 N–H and O–H groups in total. The molecule has 0 radical (unpaired) electrons. The number of para-hydroxylation sites is 1. The van der Waals surface area contributed by atoms with Gasteiger partial charge in [-0.25, -0.2) is 4.98 Å². The molecule has 0 aliphatic rings. The maximum atomic E-state index is 12.6. The SMILES string of the molecule is Cc1cccc(C(=O)Nc2nc3c(ccc4ccccc43)s2)c1[N+](=O)[O-]. The van der Waals surface area contributed by atoms with Crippen molar-refractivity contribution in [3.63, 3.8) is 0 Å². The number of thiazole rings is 1. The number of nitro benzene ring substituents is 1. The first-order chi connectivity index (χ1) is 12.5. The number of benzene rings is 3. The molecule has 3 aromatic carbocycles.